The van der Waals surface area contributed by atoms with Gasteiger partial charge in [0.2, 0.25) is 5.91 Å². The van der Waals surface area contributed by atoms with Crippen LogP contribution in [0.4, 0.5) is 0 Å². The Morgan fingerprint density at radius 2 is 1.88 bits per heavy atom. The molecule has 24 heavy (non-hydrogen) atoms. The van der Waals surface area contributed by atoms with Gasteiger partial charge in [-0.3, -0.25) is 14.7 Å². The molecule has 0 saturated carbocycles. The summed E-state index contributed by atoms with van der Waals surface area (Å²) in [6.07, 6.45) is 5.09. The molecule has 1 aromatic carbocycles. The van der Waals surface area contributed by atoms with Crippen molar-refractivity contribution in [1.29, 1.82) is 0 Å². The van der Waals surface area contributed by atoms with Crippen LogP contribution in [0.3, 0.4) is 0 Å². The minimum absolute atomic E-state index is 0.260. The molecule has 1 aromatic heterocycles. The lowest BCUT2D eigenvalue weighted by molar-refractivity contribution is -0.133. The Bertz CT molecular complexity index is 669. The predicted molar refractivity (Wildman–Crippen MR) is 98.6 cm³/mol. The quantitative estimate of drug-likeness (QED) is 0.790. The van der Waals surface area contributed by atoms with Gasteiger partial charge in [0.05, 0.1) is 0 Å². The third-order valence-corrected chi connectivity index (χ3v) is 4.86. The standard InChI is InChI=1S/C19H22BrN3O/c20-18-5-1-3-16(13-18)6-7-19(24)23-11-9-22(10-12-23)15-17-4-2-8-21-14-17/h1-5,8,13-14H,6-7,9-12,15H2. The van der Waals surface area contributed by atoms with Crippen LogP contribution in [-0.4, -0.2) is 46.9 Å². The highest BCUT2D eigenvalue weighted by molar-refractivity contribution is 9.10. The molecule has 3 rings (SSSR count). The molecule has 0 bridgehead atoms. The predicted octanol–water partition coefficient (Wildman–Crippen LogP) is 3.12. The van der Waals surface area contributed by atoms with Gasteiger partial charge in [-0.1, -0.05) is 34.1 Å². The van der Waals surface area contributed by atoms with E-state index < -0.39 is 0 Å². The molecule has 5 heteroatoms. The number of benzene rings is 1. The van der Waals surface area contributed by atoms with Gasteiger partial charge in [-0.25, -0.2) is 0 Å². The Balaban J connectivity index is 1.43. The minimum Gasteiger partial charge on any atom is -0.340 e. The number of nitrogens with zero attached hydrogens (tertiary/aromatic N) is 3. The highest BCUT2D eigenvalue weighted by Gasteiger charge is 2.20. The topological polar surface area (TPSA) is 36.4 Å². The van der Waals surface area contributed by atoms with Crippen molar-refractivity contribution in [2.75, 3.05) is 26.2 Å². The van der Waals surface area contributed by atoms with E-state index in [1.807, 2.05) is 29.3 Å². The van der Waals surface area contributed by atoms with Gasteiger partial charge in [-0.2, -0.15) is 0 Å². The molecule has 1 saturated heterocycles. The summed E-state index contributed by atoms with van der Waals surface area (Å²) in [4.78, 5) is 20.9. The summed E-state index contributed by atoms with van der Waals surface area (Å²) in [5.41, 5.74) is 2.43. The average Bonchev–Trinajstić information content (AvgIpc) is 2.61. The fourth-order valence-electron chi connectivity index (χ4n) is 3.01. The van der Waals surface area contributed by atoms with Crippen molar-refractivity contribution < 1.29 is 4.79 Å². The van der Waals surface area contributed by atoms with E-state index in [1.165, 1.54) is 11.1 Å². The first kappa shape index (κ1) is 17.1. The van der Waals surface area contributed by atoms with E-state index in [2.05, 4.69) is 44.0 Å². The van der Waals surface area contributed by atoms with Crippen molar-refractivity contribution in [2.45, 2.75) is 19.4 Å². The molecule has 0 radical (unpaired) electrons. The van der Waals surface area contributed by atoms with Crippen LogP contribution in [0.25, 0.3) is 0 Å². The van der Waals surface area contributed by atoms with Crippen LogP contribution in [0.2, 0.25) is 0 Å². The summed E-state index contributed by atoms with van der Waals surface area (Å²) in [5.74, 6) is 0.260. The van der Waals surface area contributed by atoms with E-state index in [0.29, 0.717) is 6.42 Å². The summed E-state index contributed by atoms with van der Waals surface area (Å²) in [7, 11) is 0. The largest absolute Gasteiger partial charge is 0.340 e. The normalized spacial score (nSPS) is 15.5. The lowest BCUT2D eigenvalue weighted by Crippen LogP contribution is -2.48. The summed E-state index contributed by atoms with van der Waals surface area (Å²) in [6, 6.07) is 12.2. The first-order chi connectivity index (χ1) is 11.7. The van der Waals surface area contributed by atoms with E-state index in [4.69, 9.17) is 0 Å². The summed E-state index contributed by atoms with van der Waals surface area (Å²) < 4.78 is 1.07. The third-order valence-electron chi connectivity index (χ3n) is 4.37. The van der Waals surface area contributed by atoms with Gasteiger partial charge in [0, 0.05) is 56.0 Å². The molecule has 2 heterocycles. The molecule has 0 atom stereocenters. The van der Waals surface area contributed by atoms with Gasteiger partial charge in [0.15, 0.2) is 0 Å². The van der Waals surface area contributed by atoms with Crippen molar-refractivity contribution in [3.63, 3.8) is 0 Å². The number of hydrogen-bond donors (Lipinski definition) is 0. The second-order valence-electron chi connectivity index (χ2n) is 6.15. The average molecular weight is 388 g/mol. The van der Waals surface area contributed by atoms with Crippen LogP contribution in [0.15, 0.2) is 53.3 Å². The summed E-state index contributed by atoms with van der Waals surface area (Å²) in [5, 5.41) is 0. The van der Waals surface area contributed by atoms with Gasteiger partial charge in [-0.05, 0) is 35.7 Å². The molecular formula is C19H22BrN3O. The lowest BCUT2D eigenvalue weighted by Gasteiger charge is -2.34. The number of carbonyl (C=O) groups excluding carboxylic acids is 1. The second-order valence-corrected chi connectivity index (χ2v) is 7.06. The van der Waals surface area contributed by atoms with Crippen molar-refractivity contribution in [1.82, 2.24) is 14.8 Å². The number of piperazine rings is 1. The van der Waals surface area contributed by atoms with Crippen LogP contribution in [-0.2, 0) is 17.8 Å². The zero-order valence-electron chi connectivity index (χ0n) is 13.7. The first-order valence-electron chi connectivity index (χ1n) is 8.34. The number of aryl methyl sites for hydroxylation is 1. The van der Waals surface area contributed by atoms with E-state index in [9.17, 15) is 4.79 Å². The monoisotopic (exact) mass is 387 g/mol. The Labute approximate surface area is 151 Å². The van der Waals surface area contributed by atoms with Crippen molar-refractivity contribution >= 4 is 21.8 Å². The molecule has 0 aliphatic carbocycles. The first-order valence-corrected chi connectivity index (χ1v) is 9.13. The molecule has 1 aliphatic heterocycles. The van der Waals surface area contributed by atoms with Gasteiger partial charge in [0.1, 0.15) is 0 Å². The van der Waals surface area contributed by atoms with Crippen molar-refractivity contribution in [2.24, 2.45) is 0 Å². The molecule has 0 unspecified atom stereocenters. The summed E-state index contributed by atoms with van der Waals surface area (Å²) >= 11 is 3.47. The zero-order valence-corrected chi connectivity index (χ0v) is 15.3. The number of carbonyl (C=O) groups is 1. The van der Waals surface area contributed by atoms with E-state index in [1.54, 1.807) is 6.20 Å². The van der Waals surface area contributed by atoms with E-state index in [-0.39, 0.29) is 5.91 Å². The Morgan fingerprint density at radius 3 is 2.58 bits per heavy atom. The maximum absolute atomic E-state index is 12.4. The zero-order chi connectivity index (χ0) is 16.8. The highest BCUT2D eigenvalue weighted by atomic mass is 79.9. The second kappa shape index (κ2) is 8.40. The van der Waals surface area contributed by atoms with Crippen LogP contribution < -0.4 is 0 Å². The van der Waals surface area contributed by atoms with Crippen molar-refractivity contribution in [3.8, 4) is 0 Å². The number of aromatic nitrogens is 1. The molecule has 2 aromatic rings. The van der Waals surface area contributed by atoms with Gasteiger partial charge in [-0.15, -0.1) is 0 Å². The van der Waals surface area contributed by atoms with Gasteiger partial charge < -0.3 is 4.90 Å². The molecule has 0 N–H and O–H groups in total. The van der Waals surface area contributed by atoms with E-state index >= 15 is 0 Å². The number of pyridine rings is 1. The van der Waals surface area contributed by atoms with E-state index in [0.717, 1.165) is 43.6 Å². The Hall–Kier alpha value is -1.72. The third kappa shape index (κ3) is 4.89. The smallest absolute Gasteiger partial charge is 0.222 e. The number of rotatable bonds is 5. The van der Waals surface area contributed by atoms with Crippen LogP contribution >= 0.6 is 15.9 Å². The number of halogens is 1. The molecule has 1 aliphatic rings. The lowest BCUT2D eigenvalue weighted by atomic mass is 10.1. The Morgan fingerprint density at radius 1 is 1.08 bits per heavy atom. The Kier molecular flexibility index (Phi) is 5.99. The van der Waals surface area contributed by atoms with Crippen LogP contribution in [0, 0.1) is 0 Å². The molecule has 0 spiro atoms. The molecular weight excluding hydrogens is 366 g/mol. The van der Waals surface area contributed by atoms with Gasteiger partial charge in [0.25, 0.3) is 0 Å². The van der Waals surface area contributed by atoms with Crippen molar-refractivity contribution in [3.05, 3.63) is 64.4 Å². The SMILES string of the molecule is O=C(CCc1cccc(Br)c1)N1CCN(Cc2cccnc2)CC1. The highest BCUT2D eigenvalue weighted by Crippen LogP contribution is 2.14. The molecule has 4 nitrogen and oxygen atoms in total. The molecule has 1 fully saturated rings. The molecule has 126 valence electrons. The molecule has 1 amide bonds. The number of amides is 1. The van der Waals surface area contributed by atoms with Gasteiger partial charge >= 0.3 is 0 Å². The fourth-order valence-corrected chi connectivity index (χ4v) is 3.45. The summed E-state index contributed by atoms with van der Waals surface area (Å²) in [6.45, 7) is 4.40. The maximum atomic E-state index is 12.4. The fraction of sp³-hybridized carbons (Fsp3) is 0.368. The number of hydrogen-bond acceptors (Lipinski definition) is 3. The van der Waals surface area contributed by atoms with Crippen LogP contribution in [0.1, 0.15) is 17.5 Å². The maximum Gasteiger partial charge on any atom is 0.222 e. The minimum atomic E-state index is 0.260. The van der Waals surface area contributed by atoms with Crippen LogP contribution in [0.5, 0.6) is 0 Å².